The molecule has 0 bridgehead atoms. The number of furan rings is 1. The summed E-state index contributed by atoms with van der Waals surface area (Å²) in [5.41, 5.74) is 6.56. The predicted octanol–water partition coefficient (Wildman–Crippen LogP) is 2.49. The minimum atomic E-state index is -0.0217. The third-order valence-electron chi connectivity index (χ3n) is 4.34. The monoisotopic (exact) mass is 272 g/mol. The van der Waals surface area contributed by atoms with Gasteiger partial charge in [-0.05, 0) is 36.9 Å². The number of likely N-dealkylation sites (tertiary alicyclic amines) is 1. The van der Waals surface area contributed by atoms with Gasteiger partial charge in [0.05, 0.1) is 0 Å². The van der Waals surface area contributed by atoms with E-state index >= 15 is 0 Å². The lowest BCUT2D eigenvalue weighted by atomic mass is 9.87. The molecule has 0 spiro atoms. The Morgan fingerprint density at radius 2 is 2.25 bits per heavy atom. The number of nitrogens with two attached hydrogens (primary N) is 1. The Labute approximate surface area is 118 Å². The molecule has 2 heterocycles. The van der Waals surface area contributed by atoms with Gasteiger partial charge in [0.25, 0.3) is 5.91 Å². The van der Waals surface area contributed by atoms with E-state index in [-0.39, 0.29) is 5.91 Å². The molecule has 2 aromatic rings. The molecule has 1 saturated heterocycles. The fraction of sp³-hybridized carbons (Fsp3) is 0.438. The van der Waals surface area contributed by atoms with Crippen LogP contribution in [0.2, 0.25) is 0 Å². The number of para-hydroxylation sites is 1. The van der Waals surface area contributed by atoms with Crippen LogP contribution in [0.4, 0.5) is 0 Å². The van der Waals surface area contributed by atoms with Crippen molar-refractivity contribution in [1.29, 1.82) is 0 Å². The van der Waals surface area contributed by atoms with Crippen molar-refractivity contribution in [3.63, 3.8) is 0 Å². The maximum Gasteiger partial charge on any atom is 0.289 e. The molecule has 20 heavy (non-hydrogen) atoms. The summed E-state index contributed by atoms with van der Waals surface area (Å²) in [5, 5.41) is 0.969. The van der Waals surface area contributed by atoms with Gasteiger partial charge in [0.15, 0.2) is 5.76 Å². The largest absolute Gasteiger partial charge is 0.451 e. The van der Waals surface area contributed by atoms with Crippen molar-refractivity contribution in [1.82, 2.24) is 4.90 Å². The molecule has 1 amide bonds. The van der Waals surface area contributed by atoms with E-state index in [2.05, 4.69) is 6.92 Å². The minimum Gasteiger partial charge on any atom is -0.451 e. The third kappa shape index (κ3) is 2.31. The summed E-state index contributed by atoms with van der Waals surface area (Å²) >= 11 is 0. The van der Waals surface area contributed by atoms with Crippen molar-refractivity contribution < 1.29 is 9.21 Å². The maximum absolute atomic E-state index is 12.5. The number of hydrogen-bond acceptors (Lipinski definition) is 3. The molecular weight excluding hydrogens is 252 g/mol. The molecule has 1 aromatic heterocycles. The van der Waals surface area contributed by atoms with Gasteiger partial charge in [0.2, 0.25) is 0 Å². The summed E-state index contributed by atoms with van der Waals surface area (Å²) in [4.78, 5) is 14.4. The smallest absolute Gasteiger partial charge is 0.289 e. The molecule has 4 nitrogen and oxygen atoms in total. The van der Waals surface area contributed by atoms with Gasteiger partial charge >= 0.3 is 0 Å². The second-order valence-electron chi connectivity index (χ2n) is 5.66. The van der Waals surface area contributed by atoms with Gasteiger partial charge in [-0.25, -0.2) is 0 Å². The van der Waals surface area contributed by atoms with Crippen LogP contribution in [0.1, 0.15) is 23.9 Å². The molecule has 0 saturated carbocycles. The second kappa shape index (κ2) is 5.29. The number of piperidine rings is 1. The Morgan fingerprint density at radius 1 is 1.45 bits per heavy atom. The standard InChI is InChI=1S/C16H20N2O2/c1-11-6-7-18(10-13(11)9-17)16(19)15-8-12-4-2-3-5-14(12)20-15/h2-5,8,11,13H,6-7,9-10,17H2,1H3. The van der Waals surface area contributed by atoms with Crippen molar-refractivity contribution in [2.45, 2.75) is 13.3 Å². The van der Waals surface area contributed by atoms with E-state index in [0.29, 0.717) is 24.1 Å². The number of carbonyl (C=O) groups is 1. The van der Waals surface area contributed by atoms with Gasteiger partial charge in [-0.15, -0.1) is 0 Å². The zero-order valence-electron chi connectivity index (χ0n) is 11.7. The topological polar surface area (TPSA) is 59.5 Å². The summed E-state index contributed by atoms with van der Waals surface area (Å²) in [6, 6.07) is 9.52. The van der Waals surface area contributed by atoms with Crippen LogP contribution in [-0.2, 0) is 0 Å². The minimum absolute atomic E-state index is 0.0217. The summed E-state index contributed by atoms with van der Waals surface area (Å²) < 4.78 is 5.66. The molecule has 2 unspecified atom stereocenters. The number of rotatable bonds is 2. The fourth-order valence-corrected chi connectivity index (χ4v) is 2.88. The number of nitrogens with zero attached hydrogens (tertiary/aromatic N) is 1. The van der Waals surface area contributed by atoms with Crippen molar-refractivity contribution in [2.24, 2.45) is 17.6 Å². The highest BCUT2D eigenvalue weighted by Crippen LogP contribution is 2.25. The highest BCUT2D eigenvalue weighted by Gasteiger charge is 2.29. The molecule has 3 rings (SSSR count). The van der Waals surface area contributed by atoms with Crippen molar-refractivity contribution >= 4 is 16.9 Å². The molecule has 4 heteroatoms. The fourth-order valence-electron chi connectivity index (χ4n) is 2.88. The summed E-state index contributed by atoms with van der Waals surface area (Å²) in [6.45, 7) is 4.35. The van der Waals surface area contributed by atoms with Gasteiger partial charge in [0.1, 0.15) is 5.58 Å². The Morgan fingerprint density at radius 3 is 3.00 bits per heavy atom. The summed E-state index contributed by atoms with van der Waals surface area (Å²) in [6.07, 6.45) is 1.01. The van der Waals surface area contributed by atoms with E-state index in [1.807, 2.05) is 35.2 Å². The maximum atomic E-state index is 12.5. The van der Waals surface area contributed by atoms with Crippen LogP contribution >= 0.6 is 0 Å². The number of fused-ring (bicyclic) bond motifs is 1. The molecule has 1 fully saturated rings. The SMILES string of the molecule is CC1CCN(C(=O)c2cc3ccccc3o2)CC1CN. The Balaban J connectivity index is 1.81. The molecule has 0 radical (unpaired) electrons. The van der Waals surface area contributed by atoms with Gasteiger partial charge in [-0.3, -0.25) is 4.79 Å². The first-order valence-electron chi connectivity index (χ1n) is 7.17. The quantitative estimate of drug-likeness (QED) is 0.913. The van der Waals surface area contributed by atoms with Crippen LogP contribution < -0.4 is 5.73 Å². The molecular formula is C16H20N2O2. The first-order valence-corrected chi connectivity index (χ1v) is 7.17. The third-order valence-corrected chi connectivity index (χ3v) is 4.34. The first kappa shape index (κ1) is 13.2. The lowest BCUT2D eigenvalue weighted by Crippen LogP contribution is -2.45. The average Bonchev–Trinajstić information content (AvgIpc) is 2.91. The van der Waals surface area contributed by atoms with Crippen LogP contribution in [0.15, 0.2) is 34.7 Å². The molecule has 0 aliphatic carbocycles. The zero-order chi connectivity index (χ0) is 14.1. The zero-order valence-corrected chi connectivity index (χ0v) is 11.7. The van der Waals surface area contributed by atoms with Gasteiger partial charge < -0.3 is 15.1 Å². The summed E-state index contributed by atoms with van der Waals surface area (Å²) in [7, 11) is 0. The highest BCUT2D eigenvalue weighted by atomic mass is 16.3. The number of amides is 1. The Kier molecular flexibility index (Phi) is 3.49. The molecule has 1 aliphatic heterocycles. The van der Waals surface area contributed by atoms with Gasteiger partial charge in [0, 0.05) is 18.5 Å². The van der Waals surface area contributed by atoms with Crippen LogP contribution in [0.5, 0.6) is 0 Å². The highest BCUT2D eigenvalue weighted by molar-refractivity contribution is 5.96. The lowest BCUT2D eigenvalue weighted by Gasteiger charge is -2.36. The van der Waals surface area contributed by atoms with E-state index in [1.165, 1.54) is 0 Å². The van der Waals surface area contributed by atoms with E-state index in [4.69, 9.17) is 10.2 Å². The van der Waals surface area contributed by atoms with Crippen LogP contribution in [0, 0.1) is 11.8 Å². The number of carbonyl (C=O) groups excluding carboxylic acids is 1. The van der Waals surface area contributed by atoms with Crippen LogP contribution in [0.25, 0.3) is 11.0 Å². The van der Waals surface area contributed by atoms with Crippen molar-refractivity contribution in [3.05, 3.63) is 36.1 Å². The second-order valence-corrected chi connectivity index (χ2v) is 5.66. The number of benzene rings is 1. The molecule has 2 N–H and O–H groups in total. The van der Waals surface area contributed by atoms with E-state index in [9.17, 15) is 4.79 Å². The van der Waals surface area contributed by atoms with Crippen LogP contribution in [-0.4, -0.2) is 30.4 Å². The molecule has 1 aliphatic rings. The Bertz CT molecular complexity index is 587. The predicted molar refractivity (Wildman–Crippen MR) is 78.4 cm³/mol. The molecule has 1 aromatic carbocycles. The number of hydrogen-bond donors (Lipinski definition) is 1. The van der Waals surface area contributed by atoms with E-state index in [0.717, 1.165) is 30.5 Å². The average molecular weight is 272 g/mol. The van der Waals surface area contributed by atoms with Crippen molar-refractivity contribution in [3.8, 4) is 0 Å². The van der Waals surface area contributed by atoms with Gasteiger partial charge in [-0.2, -0.15) is 0 Å². The lowest BCUT2D eigenvalue weighted by molar-refractivity contribution is 0.0589. The van der Waals surface area contributed by atoms with E-state index < -0.39 is 0 Å². The van der Waals surface area contributed by atoms with Crippen LogP contribution in [0.3, 0.4) is 0 Å². The van der Waals surface area contributed by atoms with Crippen molar-refractivity contribution in [2.75, 3.05) is 19.6 Å². The Hall–Kier alpha value is -1.81. The molecule has 106 valence electrons. The molecule has 2 atom stereocenters. The van der Waals surface area contributed by atoms with E-state index in [1.54, 1.807) is 0 Å². The summed E-state index contributed by atoms with van der Waals surface area (Å²) in [5.74, 6) is 1.37. The normalized spacial score (nSPS) is 23.2. The van der Waals surface area contributed by atoms with Gasteiger partial charge in [-0.1, -0.05) is 25.1 Å². The first-order chi connectivity index (χ1) is 9.69.